The molecule has 0 bridgehead atoms. The second-order valence-corrected chi connectivity index (χ2v) is 5.11. The van der Waals surface area contributed by atoms with Crippen LogP contribution in [0.4, 0.5) is 0 Å². The van der Waals surface area contributed by atoms with E-state index in [1.807, 2.05) is 12.1 Å². The number of piperidine rings is 1. The fourth-order valence-corrected chi connectivity index (χ4v) is 2.79. The zero-order valence-electron chi connectivity index (χ0n) is 9.88. The van der Waals surface area contributed by atoms with Gasteiger partial charge in [-0.3, -0.25) is 0 Å². The highest BCUT2D eigenvalue weighted by Gasteiger charge is 2.34. The molecule has 1 aliphatic heterocycles. The molecule has 0 spiro atoms. The van der Waals surface area contributed by atoms with Crippen molar-refractivity contribution in [2.24, 2.45) is 0 Å². The lowest BCUT2D eigenvalue weighted by Gasteiger charge is -2.37. The van der Waals surface area contributed by atoms with Crippen LogP contribution in [0.2, 0.25) is 5.02 Å². The third kappa shape index (κ3) is 2.80. The van der Waals surface area contributed by atoms with Crippen molar-refractivity contribution in [3.05, 3.63) is 46.3 Å². The van der Waals surface area contributed by atoms with Crippen molar-refractivity contribution in [2.45, 2.75) is 24.7 Å². The van der Waals surface area contributed by atoms with E-state index in [0.29, 0.717) is 6.54 Å². The predicted molar refractivity (Wildman–Crippen MR) is 71.3 cm³/mol. The summed E-state index contributed by atoms with van der Waals surface area (Å²) in [4.78, 5) is 3.52. The van der Waals surface area contributed by atoms with Gasteiger partial charge in [-0.2, -0.15) is 0 Å². The number of halogens is 1. The van der Waals surface area contributed by atoms with Crippen molar-refractivity contribution >= 4 is 11.6 Å². The van der Waals surface area contributed by atoms with Gasteiger partial charge >= 0.3 is 0 Å². The van der Waals surface area contributed by atoms with Crippen LogP contribution in [0.1, 0.15) is 24.8 Å². The second kappa shape index (κ2) is 5.53. The topological polar surface area (TPSA) is 16.4 Å². The van der Waals surface area contributed by atoms with Crippen molar-refractivity contribution < 1.29 is 0 Å². The first-order valence-electron chi connectivity index (χ1n) is 6.07. The van der Waals surface area contributed by atoms with Gasteiger partial charge in [-0.25, -0.2) is 6.57 Å². The zero-order valence-corrected chi connectivity index (χ0v) is 10.6. The van der Waals surface area contributed by atoms with Crippen molar-refractivity contribution in [2.75, 3.05) is 19.6 Å². The van der Waals surface area contributed by atoms with Crippen LogP contribution in [0.5, 0.6) is 0 Å². The van der Waals surface area contributed by atoms with Crippen molar-refractivity contribution in [1.82, 2.24) is 5.32 Å². The minimum atomic E-state index is 0.181. The standard InChI is InChI=1S/C14H17ClN2/c1-16-9-6-14(7-10-17-11-8-14)12-2-4-13(15)5-3-12/h2-5,17H,6-11H2. The van der Waals surface area contributed by atoms with Gasteiger partial charge in [0.1, 0.15) is 0 Å². The molecule has 1 aromatic rings. The first-order chi connectivity index (χ1) is 8.27. The molecule has 90 valence electrons. The Hall–Kier alpha value is -1.04. The van der Waals surface area contributed by atoms with Gasteiger partial charge in [0.05, 0.1) is 0 Å². The third-order valence-electron chi connectivity index (χ3n) is 3.72. The van der Waals surface area contributed by atoms with Crippen molar-refractivity contribution in [1.29, 1.82) is 0 Å². The van der Waals surface area contributed by atoms with Crippen molar-refractivity contribution in [3.8, 4) is 0 Å². The first-order valence-corrected chi connectivity index (χ1v) is 6.45. The molecule has 0 aliphatic carbocycles. The average molecular weight is 249 g/mol. The summed E-state index contributed by atoms with van der Waals surface area (Å²) in [6.07, 6.45) is 3.19. The summed E-state index contributed by atoms with van der Waals surface area (Å²) in [5.41, 5.74) is 1.52. The molecule has 1 heterocycles. The molecule has 0 amide bonds. The SMILES string of the molecule is [C-]#[N+]CCC1(c2ccc(Cl)cc2)CCNCC1. The molecule has 1 fully saturated rings. The summed E-state index contributed by atoms with van der Waals surface area (Å²) in [5.74, 6) is 0. The average Bonchev–Trinajstić information content (AvgIpc) is 2.38. The second-order valence-electron chi connectivity index (χ2n) is 4.67. The smallest absolute Gasteiger partial charge is 0.215 e. The Bertz CT molecular complexity index is 399. The molecule has 1 aliphatic rings. The van der Waals surface area contributed by atoms with Crippen molar-refractivity contribution in [3.63, 3.8) is 0 Å². The molecule has 17 heavy (non-hydrogen) atoms. The Labute approximate surface area is 108 Å². The Morgan fingerprint density at radius 1 is 1.24 bits per heavy atom. The Balaban J connectivity index is 2.25. The van der Waals surface area contributed by atoms with Crippen LogP contribution in [-0.4, -0.2) is 19.6 Å². The van der Waals surface area contributed by atoms with Gasteiger partial charge in [-0.15, -0.1) is 0 Å². The van der Waals surface area contributed by atoms with Gasteiger partial charge in [-0.05, 0) is 43.6 Å². The van der Waals surface area contributed by atoms with E-state index in [-0.39, 0.29) is 5.41 Å². The van der Waals surface area contributed by atoms with Crippen LogP contribution in [0.3, 0.4) is 0 Å². The van der Waals surface area contributed by atoms with Crippen LogP contribution in [-0.2, 0) is 5.41 Å². The molecular weight excluding hydrogens is 232 g/mol. The predicted octanol–water partition coefficient (Wildman–Crippen LogP) is 3.27. The molecule has 2 nitrogen and oxygen atoms in total. The number of nitrogens with zero attached hydrogens (tertiary/aromatic N) is 1. The first kappa shape index (κ1) is 12.4. The molecule has 1 aromatic carbocycles. The molecular formula is C14H17ClN2. The highest BCUT2D eigenvalue weighted by atomic mass is 35.5. The van der Waals surface area contributed by atoms with E-state index in [1.165, 1.54) is 5.56 Å². The van der Waals surface area contributed by atoms with E-state index in [1.54, 1.807) is 0 Å². The van der Waals surface area contributed by atoms with Crippen LogP contribution in [0.25, 0.3) is 4.85 Å². The van der Waals surface area contributed by atoms with E-state index in [4.69, 9.17) is 18.2 Å². The van der Waals surface area contributed by atoms with Crippen LogP contribution >= 0.6 is 11.6 Å². The molecule has 1 N–H and O–H groups in total. The van der Waals surface area contributed by atoms with E-state index < -0.39 is 0 Å². The molecule has 0 radical (unpaired) electrons. The van der Waals surface area contributed by atoms with E-state index >= 15 is 0 Å². The van der Waals surface area contributed by atoms with Gasteiger partial charge in [0.2, 0.25) is 6.54 Å². The van der Waals surface area contributed by atoms with Crippen LogP contribution in [0, 0.1) is 6.57 Å². The normalized spacial score (nSPS) is 18.6. The highest BCUT2D eigenvalue weighted by molar-refractivity contribution is 6.30. The molecule has 0 saturated carbocycles. The summed E-state index contributed by atoms with van der Waals surface area (Å²) < 4.78 is 0. The van der Waals surface area contributed by atoms with E-state index in [9.17, 15) is 0 Å². The maximum absolute atomic E-state index is 6.99. The van der Waals surface area contributed by atoms with Gasteiger partial charge in [0.25, 0.3) is 0 Å². The summed E-state index contributed by atoms with van der Waals surface area (Å²) >= 11 is 5.94. The number of nitrogens with one attached hydrogen (secondary N) is 1. The lowest BCUT2D eigenvalue weighted by molar-refractivity contribution is 0.296. The summed E-state index contributed by atoms with van der Waals surface area (Å²) in [6.45, 7) is 9.69. The Morgan fingerprint density at radius 2 is 1.88 bits per heavy atom. The highest BCUT2D eigenvalue weighted by Crippen LogP contribution is 2.37. The molecule has 2 rings (SSSR count). The number of rotatable bonds is 3. The molecule has 0 atom stereocenters. The summed E-state index contributed by atoms with van der Waals surface area (Å²) in [7, 11) is 0. The number of hydrogen-bond donors (Lipinski definition) is 1. The van der Waals surface area contributed by atoms with Gasteiger partial charge in [-0.1, -0.05) is 23.7 Å². The molecule has 0 unspecified atom stereocenters. The van der Waals surface area contributed by atoms with E-state index in [0.717, 1.165) is 37.4 Å². The number of benzene rings is 1. The van der Waals surface area contributed by atoms with Gasteiger partial charge < -0.3 is 10.2 Å². The van der Waals surface area contributed by atoms with Gasteiger partial charge in [0, 0.05) is 16.9 Å². The zero-order chi connectivity index (χ0) is 12.1. The summed E-state index contributed by atoms with van der Waals surface area (Å²) in [6, 6.07) is 8.16. The maximum atomic E-state index is 6.99. The van der Waals surface area contributed by atoms with Gasteiger partial charge in [0.15, 0.2) is 0 Å². The largest absolute Gasteiger partial charge is 0.317 e. The molecule has 1 saturated heterocycles. The third-order valence-corrected chi connectivity index (χ3v) is 3.97. The molecule has 3 heteroatoms. The monoisotopic (exact) mass is 248 g/mol. The lowest BCUT2D eigenvalue weighted by Crippen LogP contribution is -2.40. The minimum Gasteiger partial charge on any atom is -0.317 e. The maximum Gasteiger partial charge on any atom is 0.215 e. The quantitative estimate of drug-likeness (QED) is 0.813. The fourth-order valence-electron chi connectivity index (χ4n) is 2.66. The lowest BCUT2D eigenvalue weighted by atomic mass is 9.71. The minimum absolute atomic E-state index is 0.181. The summed E-state index contributed by atoms with van der Waals surface area (Å²) in [5, 5.41) is 4.17. The Morgan fingerprint density at radius 3 is 2.47 bits per heavy atom. The van der Waals surface area contributed by atoms with Crippen LogP contribution in [0.15, 0.2) is 24.3 Å². The van der Waals surface area contributed by atoms with Crippen LogP contribution < -0.4 is 5.32 Å². The number of hydrogen-bond acceptors (Lipinski definition) is 1. The molecule has 0 aromatic heterocycles. The Kier molecular flexibility index (Phi) is 4.04. The fraction of sp³-hybridized carbons (Fsp3) is 0.500. The van der Waals surface area contributed by atoms with E-state index in [2.05, 4.69) is 22.3 Å².